The molecule has 0 fully saturated rings. The number of carbonyl (C=O) groups excluding carboxylic acids is 1. The van der Waals surface area contributed by atoms with Crippen LogP contribution in [0.3, 0.4) is 0 Å². The minimum absolute atomic E-state index is 0.183. The van der Waals surface area contributed by atoms with E-state index in [1.165, 1.54) is 0 Å². The molecule has 110 valence electrons. The van der Waals surface area contributed by atoms with Crippen LogP contribution in [-0.2, 0) is 4.74 Å². The zero-order valence-corrected chi connectivity index (χ0v) is 13.8. The van der Waals surface area contributed by atoms with Crippen LogP contribution < -0.4 is 0 Å². The van der Waals surface area contributed by atoms with Crippen molar-refractivity contribution in [3.8, 4) is 11.3 Å². The number of hydrogen-bond donors (Lipinski definition) is 0. The molecule has 1 aromatic carbocycles. The molecule has 0 saturated carbocycles. The molecule has 1 heterocycles. The average Bonchev–Trinajstić information content (AvgIpc) is 2.47. The number of nitrogens with zero attached hydrogens (tertiary/aromatic N) is 2. The molecule has 0 atom stereocenters. The van der Waals surface area contributed by atoms with Crippen LogP contribution in [0.5, 0.6) is 0 Å². The van der Waals surface area contributed by atoms with Crippen LogP contribution in [0.15, 0.2) is 34.9 Å². The molecule has 0 N–H and O–H groups in total. The largest absolute Gasteiger partial charge is 0.462 e. The molecule has 0 bridgehead atoms. The first kappa shape index (κ1) is 15.6. The fraction of sp³-hybridized carbons (Fsp3) is 0.312. The lowest BCUT2D eigenvalue weighted by Gasteiger charge is -2.12. The van der Waals surface area contributed by atoms with Gasteiger partial charge in [0.1, 0.15) is 11.4 Å². The van der Waals surface area contributed by atoms with Crippen molar-refractivity contribution < 1.29 is 9.53 Å². The first-order valence-corrected chi connectivity index (χ1v) is 7.62. The van der Waals surface area contributed by atoms with Crippen molar-refractivity contribution in [1.29, 1.82) is 0 Å². The molecule has 0 aliphatic heterocycles. The quantitative estimate of drug-likeness (QED) is 0.776. The van der Waals surface area contributed by atoms with E-state index in [0.29, 0.717) is 23.7 Å². The summed E-state index contributed by atoms with van der Waals surface area (Å²) in [5.74, 6) is 0.481. The summed E-state index contributed by atoms with van der Waals surface area (Å²) in [4.78, 5) is 20.9. The maximum Gasteiger partial charge on any atom is 0.341 e. The highest BCUT2D eigenvalue weighted by molar-refractivity contribution is 9.10. The fourth-order valence-electron chi connectivity index (χ4n) is 1.89. The highest BCUT2D eigenvalue weighted by atomic mass is 79.9. The molecular weight excluding hydrogens is 332 g/mol. The summed E-state index contributed by atoms with van der Waals surface area (Å²) in [6, 6.07) is 7.66. The zero-order valence-electron chi connectivity index (χ0n) is 12.3. The van der Waals surface area contributed by atoms with E-state index >= 15 is 0 Å². The summed E-state index contributed by atoms with van der Waals surface area (Å²) in [7, 11) is 0. The Morgan fingerprint density at radius 2 is 2.05 bits per heavy atom. The van der Waals surface area contributed by atoms with Gasteiger partial charge in [-0.2, -0.15) is 0 Å². The Kier molecular flexibility index (Phi) is 5.07. The molecule has 2 rings (SSSR count). The molecule has 0 aliphatic rings. The second-order valence-corrected chi connectivity index (χ2v) is 5.70. The van der Waals surface area contributed by atoms with E-state index in [1.807, 2.05) is 38.1 Å². The summed E-state index contributed by atoms with van der Waals surface area (Å²) in [5.41, 5.74) is 1.83. The van der Waals surface area contributed by atoms with Gasteiger partial charge in [-0.3, -0.25) is 0 Å². The number of carbonyl (C=O) groups is 1. The molecule has 1 aromatic heterocycles. The van der Waals surface area contributed by atoms with Gasteiger partial charge in [-0.05, 0) is 13.0 Å². The minimum atomic E-state index is -0.404. The molecule has 5 heteroatoms. The Morgan fingerprint density at radius 1 is 1.33 bits per heavy atom. The smallest absolute Gasteiger partial charge is 0.341 e. The third-order valence-electron chi connectivity index (χ3n) is 2.95. The summed E-state index contributed by atoms with van der Waals surface area (Å²) < 4.78 is 5.97. The van der Waals surface area contributed by atoms with E-state index in [1.54, 1.807) is 13.1 Å². The minimum Gasteiger partial charge on any atom is -0.462 e. The van der Waals surface area contributed by atoms with E-state index in [4.69, 9.17) is 4.74 Å². The highest BCUT2D eigenvalue weighted by Gasteiger charge is 2.19. The number of esters is 1. The van der Waals surface area contributed by atoms with E-state index in [9.17, 15) is 4.79 Å². The molecule has 0 saturated heterocycles. The monoisotopic (exact) mass is 348 g/mol. The standard InChI is InChI=1S/C16H17BrN2O2/c1-4-21-16(20)12-9-18-15(10(2)3)19-14(12)11-7-5-6-8-13(11)17/h5-10H,4H2,1-3H3. The van der Waals surface area contributed by atoms with Gasteiger partial charge in [-0.15, -0.1) is 0 Å². The number of aromatic nitrogens is 2. The topological polar surface area (TPSA) is 52.1 Å². The van der Waals surface area contributed by atoms with Crippen molar-refractivity contribution in [2.75, 3.05) is 6.61 Å². The molecule has 21 heavy (non-hydrogen) atoms. The Labute approximate surface area is 132 Å². The Hall–Kier alpha value is -1.75. The van der Waals surface area contributed by atoms with Crippen LogP contribution in [0, 0.1) is 0 Å². The van der Waals surface area contributed by atoms with Gasteiger partial charge in [0.25, 0.3) is 0 Å². The number of benzene rings is 1. The Balaban J connectivity index is 2.62. The lowest BCUT2D eigenvalue weighted by Crippen LogP contribution is -2.11. The number of halogens is 1. The van der Waals surface area contributed by atoms with E-state index < -0.39 is 5.97 Å². The summed E-state index contributed by atoms with van der Waals surface area (Å²) in [5, 5.41) is 0. The van der Waals surface area contributed by atoms with Crippen molar-refractivity contribution in [2.24, 2.45) is 0 Å². The predicted octanol–water partition coefficient (Wildman–Crippen LogP) is 4.21. The first-order valence-electron chi connectivity index (χ1n) is 6.83. The third-order valence-corrected chi connectivity index (χ3v) is 3.64. The van der Waals surface area contributed by atoms with Crippen LogP contribution in [-0.4, -0.2) is 22.5 Å². The Bertz CT molecular complexity index is 656. The van der Waals surface area contributed by atoms with E-state index in [0.717, 1.165) is 10.0 Å². The number of rotatable bonds is 4. The molecule has 2 aromatic rings. The average molecular weight is 349 g/mol. The van der Waals surface area contributed by atoms with Crippen molar-refractivity contribution in [1.82, 2.24) is 9.97 Å². The fourth-order valence-corrected chi connectivity index (χ4v) is 2.36. The molecule has 0 radical (unpaired) electrons. The van der Waals surface area contributed by atoms with Crippen molar-refractivity contribution in [3.05, 3.63) is 46.3 Å². The lowest BCUT2D eigenvalue weighted by molar-refractivity contribution is 0.0526. The first-order chi connectivity index (χ1) is 10.0. The van der Waals surface area contributed by atoms with Crippen LogP contribution >= 0.6 is 15.9 Å². The van der Waals surface area contributed by atoms with Gasteiger partial charge in [-0.1, -0.05) is 48.0 Å². The van der Waals surface area contributed by atoms with E-state index in [2.05, 4.69) is 25.9 Å². The van der Waals surface area contributed by atoms with Crippen LogP contribution in [0.25, 0.3) is 11.3 Å². The lowest BCUT2D eigenvalue weighted by atomic mass is 10.1. The van der Waals surface area contributed by atoms with Gasteiger partial charge in [0.2, 0.25) is 0 Å². The summed E-state index contributed by atoms with van der Waals surface area (Å²) in [6.07, 6.45) is 1.55. The normalized spacial score (nSPS) is 10.7. The van der Waals surface area contributed by atoms with Gasteiger partial charge in [0.05, 0.1) is 12.3 Å². The van der Waals surface area contributed by atoms with Gasteiger partial charge in [0, 0.05) is 22.2 Å². The van der Waals surface area contributed by atoms with Gasteiger partial charge in [0.15, 0.2) is 0 Å². The van der Waals surface area contributed by atoms with Crippen molar-refractivity contribution in [2.45, 2.75) is 26.7 Å². The maximum absolute atomic E-state index is 12.1. The zero-order chi connectivity index (χ0) is 15.4. The molecule has 4 nitrogen and oxygen atoms in total. The van der Waals surface area contributed by atoms with Crippen molar-refractivity contribution >= 4 is 21.9 Å². The van der Waals surface area contributed by atoms with Gasteiger partial charge < -0.3 is 4.74 Å². The van der Waals surface area contributed by atoms with E-state index in [-0.39, 0.29) is 5.92 Å². The maximum atomic E-state index is 12.1. The second kappa shape index (κ2) is 6.80. The van der Waals surface area contributed by atoms with Crippen LogP contribution in [0.2, 0.25) is 0 Å². The Morgan fingerprint density at radius 3 is 2.67 bits per heavy atom. The molecule has 0 unspecified atom stereocenters. The molecule has 0 aliphatic carbocycles. The number of ether oxygens (including phenoxy) is 1. The number of hydrogen-bond acceptors (Lipinski definition) is 4. The third kappa shape index (κ3) is 3.47. The van der Waals surface area contributed by atoms with Crippen molar-refractivity contribution in [3.63, 3.8) is 0 Å². The van der Waals surface area contributed by atoms with Gasteiger partial charge >= 0.3 is 5.97 Å². The summed E-state index contributed by atoms with van der Waals surface area (Å²) in [6.45, 7) is 6.13. The van der Waals surface area contributed by atoms with Crippen LogP contribution in [0.4, 0.5) is 0 Å². The molecule has 0 amide bonds. The predicted molar refractivity (Wildman–Crippen MR) is 85.2 cm³/mol. The van der Waals surface area contributed by atoms with Gasteiger partial charge in [-0.25, -0.2) is 14.8 Å². The second-order valence-electron chi connectivity index (χ2n) is 4.85. The van der Waals surface area contributed by atoms with Crippen LogP contribution in [0.1, 0.15) is 42.9 Å². The molecule has 0 spiro atoms. The SMILES string of the molecule is CCOC(=O)c1cnc(C(C)C)nc1-c1ccccc1Br. The summed E-state index contributed by atoms with van der Waals surface area (Å²) >= 11 is 3.50. The highest BCUT2D eigenvalue weighted by Crippen LogP contribution is 2.30. The molecular formula is C16H17BrN2O2.